The van der Waals surface area contributed by atoms with Crippen LogP contribution in [0.15, 0.2) is 0 Å². The zero-order valence-corrected chi connectivity index (χ0v) is 11.8. The first-order valence-electron chi connectivity index (χ1n) is 7.20. The molecule has 1 heterocycles. The summed E-state index contributed by atoms with van der Waals surface area (Å²) in [5.41, 5.74) is 0.0561. The highest BCUT2D eigenvalue weighted by molar-refractivity contribution is 4.81. The Morgan fingerprint density at radius 2 is 1.94 bits per heavy atom. The highest BCUT2D eigenvalue weighted by Crippen LogP contribution is 2.20. The Hall–Kier alpha value is -0.120. The van der Waals surface area contributed by atoms with Crippen molar-refractivity contribution in [2.75, 3.05) is 32.8 Å². The molecule has 0 bridgehead atoms. The predicted octanol–water partition coefficient (Wildman–Crippen LogP) is 1.86. The fourth-order valence-corrected chi connectivity index (χ4v) is 2.36. The minimum Gasteiger partial charge on any atom is -0.396 e. The number of piperidine rings is 1. The third-order valence-corrected chi connectivity index (χ3v) is 4.18. The molecule has 3 nitrogen and oxygen atoms in total. The zero-order valence-electron chi connectivity index (χ0n) is 11.8. The molecular formula is C14H30N2O. The second-order valence-electron chi connectivity index (χ2n) is 5.82. The van der Waals surface area contributed by atoms with Gasteiger partial charge in [0.1, 0.15) is 0 Å². The van der Waals surface area contributed by atoms with Crippen LogP contribution >= 0.6 is 0 Å². The summed E-state index contributed by atoms with van der Waals surface area (Å²) in [6.07, 6.45) is 4.80. The molecule has 0 amide bonds. The van der Waals surface area contributed by atoms with Gasteiger partial charge in [0.25, 0.3) is 0 Å². The standard InChI is InChI=1S/C14H30N2O/c1-4-8-16-9-6-13(7-10-16)15-11-14(3,5-2)12-17/h13,15,17H,4-12H2,1-3H3. The smallest absolute Gasteiger partial charge is 0.0496 e. The van der Waals surface area contributed by atoms with Gasteiger partial charge >= 0.3 is 0 Å². The van der Waals surface area contributed by atoms with E-state index in [4.69, 9.17) is 0 Å². The molecule has 102 valence electrons. The Balaban J connectivity index is 2.22. The predicted molar refractivity (Wildman–Crippen MR) is 73.2 cm³/mol. The molecule has 0 spiro atoms. The molecule has 1 atom stereocenters. The maximum absolute atomic E-state index is 9.38. The minimum absolute atomic E-state index is 0.0561. The van der Waals surface area contributed by atoms with Gasteiger partial charge in [-0.2, -0.15) is 0 Å². The molecule has 1 aliphatic rings. The van der Waals surface area contributed by atoms with Crippen LogP contribution < -0.4 is 5.32 Å². The number of nitrogens with one attached hydrogen (secondary N) is 1. The fourth-order valence-electron chi connectivity index (χ4n) is 2.36. The summed E-state index contributed by atoms with van der Waals surface area (Å²) in [6, 6.07) is 0.653. The maximum Gasteiger partial charge on any atom is 0.0496 e. The van der Waals surface area contributed by atoms with Crippen molar-refractivity contribution in [3.63, 3.8) is 0 Å². The van der Waals surface area contributed by atoms with E-state index in [1.54, 1.807) is 0 Å². The molecule has 0 saturated carbocycles. The summed E-state index contributed by atoms with van der Waals surface area (Å²) in [4.78, 5) is 2.56. The molecule has 0 aliphatic carbocycles. The Kier molecular flexibility index (Phi) is 6.45. The van der Waals surface area contributed by atoms with Gasteiger partial charge in [0.2, 0.25) is 0 Å². The lowest BCUT2D eigenvalue weighted by Crippen LogP contribution is -2.46. The minimum atomic E-state index is 0.0561. The van der Waals surface area contributed by atoms with Gasteiger partial charge in [0, 0.05) is 24.6 Å². The number of nitrogens with zero attached hydrogens (tertiary/aromatic N) is 1. The van der Waals surface area contributed by atoms with Gasteiger partial charge in [0.05, 0.1) is 0 Å². The van der Waals surface area contributed by atoms with Crippen molar-refractivity contribution < 1.29 is 5.11 Å². The quantitative estimate of drug-likeness (QED) is 0.715. The summed E-state index contributed by atoms with van der Waals surface area (Å²) < 4.78 is 0. The van der Waals surface area contributed by atoms with Crippen LogP contribution in [0.1, 0.15) is 46.5 Å². The van der Waals surface area contributed by atoms with Crippen LogP contribution in [0, 0.1) is 5.41 Å². The van der Waals surface area contributed by atoms with Crippen molar-refractivity contribution in [3.8, 4) is 0 Å². The van der Waals surface area contributed by atoms with Gasteiger partial charge in [-0.05, 0) is 45.3 Å². The Bertz CT molecular complexity index is 196. The molecule has 1 unspecified atom stereocenters. The Morgan fingerprint density at radius 1 is 1.29 bits per heavy atom. The molecular weight excluding hydrogens is 212 g/mol. The first-order chi connectivity index (χ1) is 8.13. The van der Waals surface area contributed by atoms with Gasteiger partial charge in [-0.1, -0.05) is 20.8 Å². The molecule has 1 aliphatic heterocycles. The summed E-state index contributed by atoms with van der Waals surface area (Å²) in [7, 11) is 0. The number of aliphatic hydroxyl groups excluding tert-OH is 1. The van der Waals surface area contributed by atoms with Crippen molar-refractivity contribution in [2.45, 2.75) is 52.5 Å². The maximum atomic E-state index is 9.38. The second-order valence-corrected chi connectivity index (χ2v) is 5.82. The fraction of sp³-hybridized carbons (Fsp3) is 1.00. The Labute approximate surface area is 107 Å². The van der Waals surface area contributed by atoms with E-state index >= 15 is 0 Å². The molecule has 0 aromatic heterocycles. The molecule has 1 saturated heterocycles. The van der Waals surface area contributed by atoms with Crippen molar-refractivity contribution >= 4 is 0 Å². The lowest BCUT2D eigenvalue weighted by Gasteiger charge is -2.35. The van der Waals surface area contributed by atoms with E-state index in [1.807, 2.05) is 0 Å². The van der Waals surface area contributed by atoms with Crippen molar-refractivity contribution in [1.29, 1.82) is 0 Å². The molecule has 0 radical (unpaired) electrons. The van der Waals surface area contributed by atoms with Gasteiger partial charge in [0.15, 0.2) is 0 Å². The van der Waals surface area contributed by atoms with Crippen molar-refractivity contribution in [3.05, 3.63) is 0 Å². The largest absolute Gasteiger partial charge is 0.396 e. The molecule has 17 heavy (non-hydrogen) atoms. The van der Waals surface area contributed by atoms with E-state index in [0.717, 1.165) is 13.0 Å². The molecule has 2 N–H and O–H groups in total. The van der Waals surface area contributed by atoms with Gasteiger partial charge in [-0.15, -0.1) is 0 Å². The average Bonchev–Trinajstić information content (AvgIpc) is 2.38. The van der Waals surface area contributed by atoms with Gasteiger partial charge < -0.3 is 15.3 Å². The van der Waals surface area contributed by atoms with E-state index in [-0.39, 0.29) is 12.0 Å². The van der Waals surface area contributed by atoms with E-state index in [9.17, 15) is 5.11 Å². The summed E-state index contributed by atoms with van der Waals surface area (Å²) in [5, 5.41) is 13.0. The van der Waals surface area contributed by atoms with Crippen LogP contribution in [0.4, 0.5) is 0 Å². The zero-order chi connectivity index (χ0) is 12.7. The van der Waals surface area contributed by atoms with Crippen LogP contribution in [0.2, 0.25) is 0 Å². The van der Waals surface area contributed by atoms with Crippen LogP contribution in [-0.2, 0) is 0 Å². The number of rotatable bonds is 7. The highest BCUT2D eigenvalue weighted by atomic mass is 16.3. The topological polar surface area (TPSA) is 35.5 Å². The number of likely N-dealkylation sites (tertiary alicyclic amines) is 1. The third kappa shape index (κ3) is 4.94. The van der Waals surface area contributed by atoms with E-state index in [1.165, 1.54) is 38.9 Å². The van der Waals surface area contributed by atoms with Gasteiger partial charge in [-0.3, -0.25) is 0 Å². The van der Waals surface area contributed by atoms with Crippen LogP contribution in [-0.4, -0.2) is 48.8 Å². The third-order valence-electron chi connectivity index (χ3n) is 4.18. The monoisotopic (exact) mass is 242 g/mol. The van der Waals surface area contributed by atoms with Crippen molar-refractivity contribution in [1.82, 2.24) is 10.2 Å². The summed E-state index contributed by atoms with van der Waals surface area (Å²) >= 11 is 0. The average molecular weight is 242 g/mol. The number of hydrogen-bond acceptors (Lipinski definition) is 3. The first-order valence-corrected chi connectivity index (χ1v) is 7.20. The number of aliphatic hydroxyl groups is 1. The highest BCUT2D eigenvalue weighted by Gasteiger charge is 2.24. The second kappa shape index (κ2) is 7.34. The van der Waals surface area contributed by atoms with Crippen LogP contribution in [0.25, 0.3) is 0 Å². The van der Waals surface area contributed by atoms with E-state index in [0.29, 0.717) is 6.04 Å². The van der Waals surface area contributed by atoms with Crippen molar-refractivity contribution in [2.24, 2.45) is 5.41 Å². The summed E-state index contributed by atoms with van der Waals surface area (Å²) in [6.45, 7) is 11.5. The van der Waals surface area contributed by atoms with E-state index < -0.39 is 0 Å². The molecule has 3 heteroatoms. The normalized spacial score (nSPS) is 22.6. The molecule has 0 aromatic rings. The molecule has 1 rings (SSSR count). The van der Waals surface area contributed by atoms with Gasteiger partial charge in [-0.25, -0.2) is 0 Å². The lowest BCUT2D eigenvalue weighted by atomic mass is 9.88. The SMILES string of the molecule is CCCN1CCC(NCC(C)(CC)CO)CC1. The van der Waals surface area contributed by atoms with Crippen LogP contribution in [0.5, 0.6) is 0 Å². The lowest BCUT2D eigenvalue weighted by molar-refractivity contribution is 0.122. The van der Waals surface area contributed by atoms with E-state index in [2.05, 4.69) is 31.0 Å². The molecule has 0 aromatic carbocycles. The first kappa shape index (κ1) is 14.9. The summed E-state index contributed by atoms with van der Waals surface area (Å²) in [5.74, 6) is 0. The Morgan fingerprint density at radius 3 is 2.41 bits per heavy atom. The van der Waals surface area contributed by atoms with Crippen LogP contribution in [0.3, 0.4) is 0 Å². The molecule has 1 fully saturated rings. The number of hydrogen-bond donors (Lipinski definition) is 2.